The summed E-state index contributed by atoms with van der Waals surface area (Å²) in [6, 6.07) is 5.41. The van der Waals surface area contributed by atoms with Crippen LogP contribution in [0.4, 0.5) is 10.5 Å². The van der Waals surface area contributed by atoms with Gasteiger partial charge in [-0.15, -0.1) is 5.10 Å². The first-order valence-corrected chi connectivity index (χ1v) is 8.61. The number of urea groups is 1. The molecule has 3 rings (SSSR count). The molecule has 0 bridgehead atoms. The highest BCUT2D eigenvalue weighted by Crippen LogP contribution is 2.36. The highest BCUT2D eigenvalue weighted by atomic mass is 32.2. The van der Waals surface area contributed by atoms with Crippen LogP contribution >= 0.6 is 11.8 Å². The number of tetrazole rings is 1. The predicted octanol–water partition coefficient (Wildman–Crippen LogP) is 2.07. The van der Waals surface area contributed by atoms with Crippen LogP contribution < -0.4 is 10.6 Å². The lowest BCUT2D eigenvalue weighted by Crippen LogP contribution is -2.35. The summed E-state index contributed by atoms with van der Waals surface area (Å²) in [6.45, 7) is 3.88. The number of hydrogen-bond donors (Lipinski definition) is 2. The van der Waals surface area contributed by atoms with E-state index in [0.29, 0.717) is 16.9 Å². The van der Waals surface area contributed by atoms with Crippen molar-refractivity contribution < 1.29 is 9.59 Å². The molecule has 1 saturated carbocycles. The minimum atomic E-state index is -0.545. The van der Waals surface area contributed by atoms with Crippen molar-refractivity contribution in [3.8, 4) is 0 Å². The van der Waals surface area contributed by atoms with Crippen molar-refractivity contribution in [2.75, 3.05) is 11.1 Å². The third-order valence-corrected chi connectivity index (χ3v) is 4.73. The van der Waals surface area contributed by atoms with E-state index in [1.54, 1.807) is 10.7 Å². The minimum Gasteiger partial charge on any atom is -0.307 e. The monoisotopic (exact) mass is 346 g/mol. The van der Waals surface area contributed by atoms with Crippen molar-refractivity contribution in [3.63, 3.8) is 0 Å². The van der Waals surface area contributed by atoms with Crippen molar-refractivity contribution in [2.45, 2.75) is 37.9 Å². The Bertz CT molecular complexity index is 771. The summed E-state index contributed by atoms with van der Waals surface area (Å²) < 4.78 is 1.73. The first-order chi connectivity index (χ1) is 11.5. The molecule has 0 saturated heterocycles. The molecular weight excluding hydrogens is 328 g/mol. The Morgan fingerprint density at radius 3 is 2.88 bits per heavy atom. The normalized spacial score (nSPS) is 13.6. The molecule has 126 valence electrons. The van der Waals surface area contributed by atoms with E-state index >= 15 is 0 Å². The van der Waals surface area contributed by atoms with Gasteiger partial charge in [0.15, 0.2) is 0 Å². The summed E-state index contributed by atoms with van der Waals surface area (Å²) in [5.74, 6) is -0.319. The van der Waals surface area contributed by atoms with Gasteiger partial charge in [-0.05, 0) is 54.3 Å². The van der Waals surface area contributed by atoms with Crippen LogP contribution in [-0.2, 0) is 4.79 Å². The number of imide groups is 1. The minimum absolute atomic E-state index is 0.0767. The molecule has 0 unspecified atom stereocenters. The van der Waals surface area contributed by atoms with Crippen LogP contribution in [0.25, 0.3) is 0 Å². The van der Waals surface area contributed by atoms with Crippen molar-refractivity contribution in [1.82, 2.24) is 25.5 Å². The van der Waals surface area contributed by atoms with Crippen LogP contribution in [0.3, 0.4) is 0 Å². The average molecular weight is 346 g/mol. The zero-order chi connectivity index (χ0) is 17.1. The number of carbonyl (C=O) groups excluding carboxylic acids is 2. The molecule has 1 aliphatic rings. The van der Waals surface area contributed by atoms with Gasteiger partial charge in [0.1, 0.15) is 0 Å². The fourth-order valence-electron chi connectivity index (χ4n) is 2.16. The second-order valence-electron chi connectivity index (χ2n) is 5.68. The molecule has 1 heterocycles. The first-order valence-electron chi connectivity index (χ1n) is 7.62. The molecule has 0 spiro atoms. The van der Waals surface area contributed by atoms with E-state index in [2.05, 4.69) is 26.2 Å². The Kier molecular flexibility index (Phi) is 4.79. The molecule has 8 nitrogen and oxygen atoms in total. The molecule has 1 aliphatic carbocycles. The van der Waals surface area contributed by atoms with Crippen LogP contribution in [-0.4, -0.2) is 37.9 Å². The predicted molar refractivity (Wildman–Crippen MR) is 89.9 cm³/mol. The van der Waals surface area contributed by atoms with E-state index in [4.69, 9.17) is 0 Å². The van der Waals surface area contributed by atoms with Gasteiger partial charge < -0.3 is 5.32 Å². The second-order valence-corrected chi connectivity index (χ2v) is 6.62. The molecule has 1 fully saturated rings. The molecule has 0 aliphatic heterocycles. The summed E-state index contributed by atoms with van der Waals surface area (Å²) in [6.07, 6.45) is 2.12. The topological polar surface area (TPSA) is 102 Å². The number of nitrogens with zero attached hydrogens (tertiary/aromatic N) is 4. The Labute approximate surface area is 143 Å². The fraction of sp³-hybridized carbons (Fsp3) is 0.400. The second kappa shape index (κ2) is 7.00. The van der Waals surface area contributed by atoms with Crippen molar-refractivity contribution >= 4 is 29.4 Å². The van der Waals surface area contributed by atoms with Crippen LogP contribution in [0.1, 0.15) is 30.0 Å². The Balaban J connectivity index is 1.50. The third-order valence-electron chi connectivity index (χ3n) is 3.79. The van der Waals surface area contributed by atoms with Gasteiger partial charge in [0.05, 0.1) is 11.8 Å². The summed E-state index contributed by atoms with van der Waals surface area (Å²) in [5, 5.41) is 17.0. The first kappa shape index (κ1) is 16.4. The van der Waals surface area contributed by atoms with E-state index < -0.39 is 11.9 Å². The average Bonchev–Trinajstić information content (AvgIpc) is 3.28. The number of thioether (sulfide) groups is 1. The van der Waals surface area contributed by atoms with Gasteiger partial charge in [0, 0.05) is 5.69 Å². The fourth-order valence-corrected chi connectivity index (χ4v) is 2.91. The molecule has 1 aromatic carbocycles. The molecule has 24 heavy (non-hydrogen) atoms. The zero-order valence-corrected chi connectivity index (χ0v) is 14.3. The molecule has 2 N–H and O–H groups in total. The highest BCUT2D eigenvalue weighted by Gasteiger charge is 2.28. The molecule has 0 atom stereocenters. The number of carbonyl (C=O) groups is 2. The standard InChI is InChI=1S/C15H18N6O2S/c1-9-4-3-5-12(10(9)2)16-14(23)17-13(22)8-24-15-18-19-20-21(15)11-6-7-11/h3-5,11H,6-8H2,1-2H3,(H2,16,17,22,23). The highest BCUT2D eigenvalue weighted by molar-refractivity contribution is 7.99. The van der Waals surface area contributed by atoms with Gasteiger partial charge in [0.2, 0.25) is 11.1 Å². The largest absolute Gasteiger partial charge is 0.325 e. The van der Waals surface area contributed by atoms with Gasteiger partial charge in [-0.3, -0.25) is 10.1 Å². The number of aryl methyl sites for hydroxylation is 1. The van der Waals surface area contributed by atoms with E-state index in [1.165, 1.54) is 11.8 Å². The maximum atomic E-state index is 11.9. The molecule has 0 radical (unpaired) electrons. The van der Waals surface area contributed by atoms with Crippen molar-refractivity contribution in [3.05, 3.63) is 29.3 Å². The van der Waals surface area contributed by atoms with Crippen LogP contribution in [0.5, 0.6) is 0 Å². The zero-order valence-electron chi connectivity index (χ0n) is 13.4. The molecule has 3 amide bonds. The smallest absolute Gasteiger partial charge is 0.307 e. The van der Waals surface area contributed by atoms with E-state index in [-0.39, 0.29) is 5.75 Å². The SMILES string of the molecule is Cc1cccc(NC(=O)NC(=O)CSc2nnnn2C2CC2)c1C. The Hall–Kier alpha value is -2.42. The Morgan fingerprint density at radius 1 is 1.33 bits per heavy atom. The number of nitrogens with one attached hydrogen (secondary N) is 2. The van der Waals surface area contributed by atoms with E-state index in [1.807, 2.05) is 26.0 Å². The molecule has 9 heteroatoms. The quantitative estimate of drug-likeness (QED) is 0.804. The summed E-state index contributed by atoms with van der Waals surface area (Å²) >= 11 is 1.22. The van der Waals surface area contributed by atoms with Crippen LogP contribution in [0, 0.1) is 13.8 Å². The van der Waals surface area contributed by atoms with Gasteiger partial charge in [-0.2, -0.15) is 0 Å². The van der Waals surface area contributed by atoms with Crippen LogP contribution in [0.2, 0.25) is 0 Å². The number of amides is 3. The lowest BCUT2D eigenvalue weighted by molar-refractivity contribution is -0.117. The van der Waals surface area contributed by atoms with Crippen LogP contribution in [0.15, 0.2) is 23.4 Å². The summed E-state index contributed by atoms with van der Waals surface area (Å²) in [7, 11) is 0. The number of anilines is 1. The third kappa shape index (κ3) is 3.91. The number of benzene rings is 1. The number of aromatic nitrogens is 4. The lowest BCUT2D eigenvalue weighted by Gasteiger charge is -2.10. The van der Waals surface area contributed by atoms with Crippen molar-refractivity contribution in [1.29, 1.82) is 0 Å². The molecular formula is C15H18N6O2S. The maximum Gasteiger partial charge on any atom is 0.325 e. The number of rotatable bonds is 5. The molecule has 2 aromatic rings. The lowest BCUT2D eigenvalue weighted by atomic mass is 10.1. The van der Waals surface area contributed by atoms with Crippen molar-refractivity contribution in [2.24, 2.45) is 0 Å². The molecule has 1 aromatic heterocycles. The summed E-state index contributed by atoms with van der Waals surface area (Å²) in [5.41, 5.74) is 2.73. The van der Waals surface area contributed by atoms with E-state index in [9.17, 15) is 9.59 Å². The van der Waals surface area contributed by atoms with Gasteiger partial charge in [-0.25, -0.2) is 9.48 Å². The van der Waals surface area contributed by atoms with E-state index in [0.717, 1.165) is 24.0 Å². The van der Waals surface area contributed by atoms with Gasteiger partial charge in [-0.1, -0.05) is 23.9 Å². The Morgan fingerprint density at radius 2 is 2.12 bits per heavy atom. The van der Waals surface area contributed by atoms with Gasteiger partial charge >= 0.3 is 6.03 Å². The summed E-state index contributed by atoms with van der Waals surface area (Å²) in [4.78, 5) is 23.9. The van der Waals surface area contributed by atoms with Gasteiger partial charge in [0.25, 0.3) is 0 Å². The maximum absolute atomic E-state index is 11.9. The number of hydrogen-bond acceptors (Lipinski definition) is 6.